The molecule has 1 aromatic carbocycles. The fourth-order valence-electron chi connectivity index (χ4n) is 2.54. The van der Waals surface area contributed by atoms with E-state index in [1.165, 1.54) is 18.2 Å². The lowest BCUT2D eigenvalue weighted by atomic mass is 10.1. The minimum absolute atomic E-state index is 0.0448. The first-order valence-electron chi connectivity index (χ1n) is 7.58. The van der Waals surface area contributed by atoms with Gasteiger partial charge in [0.1, 0.15) is 11.9 Å². The van der Waals surface area contributed by atoms with Crippen molar-refractivity contribution in [2.24, 2.45) is 0 Å². The minimum Gasteiger partial charge on any atom is -0.367 e. The molecule has 2 rings (SSSR count). The van der Waals surface area contributed by atoms with Crippen molar-refractivity contribution in [3.8, 4) is 0 Å². The van der Waals surface area contributed by atoms with Gasteiger partial charge in [0.15, 0.2) is 0 Å². The predicted octanol–water partition coefficient (Wildman–Crippen LogP) is 1.81. The van der Waals surface area contributed by atoms with E-state index in [0.29, 0.717) is 13.1 Å². The molecule has 1 aromatic rings. The molecule has 1 N–H and O–H groups in total. The Hall–Kier alpha value is -2.21. The summed E-state index contributed by atoms with van der Waals surface area (Å²) in [6.45, 7) is 6.46. The van der Waals surface area contributed by atoms with E-state index in [4.69, 9.17) is 4.74 Å². The molecule has 6 heteroatoms. The Balaban J connectivity index is 1.94. The Labute approximate surface area is 135 Å². The lowest BCUT2D eigenvalue weighted by molar-refractivity contribution is -0.144. The number of carbonyl (C=O) groups is 2. The van der Waals surface area contributed by atoms with Crippen LogP contribution in [0.25, 0.3) is 0 Å². The van der Waals surface area contributed by atoms with Crippen LogP contribution in [-0.2, 0) is 14.3 Å². The second-order valence-corrected chi connectivity index (χ2v) is 5.53. The highest BCUT2D eigenvalue weighted by Crippen LogP contribution is 2.25. The van der Waals surface area contributed by atoms with Crippen LogP contribution < -0.4 is 5.32 Å². The summed E-state index contributed by atoms with van der Waals surface area (Å²) in [6, 6.07) is 6.11. The molecule has 0 unspecified atom stereocenters. The number of halogens is 1. The van der Waals surface area contributed by atoms with Crippen LogP contribution in [0.4, 0.5) is 4.39 Å². The summed E-state index contributed by atoms with van der Waals surface area (Å²) in [6.07, 6.45) is 1.02. The largest absolute Gasteiger partial charge is 0.367 e. The molecular formula is C17H21FN2O3. The van der Waals surface area contributed by atoms with Crippen LogP contribution in [0, 0.1) is 5.82 Å². The van der Waals surface area contributed by atoms with Gasteiger partial charge in [0, 0.05) is 19.5 Å². The fourth-order valence-corrected chi connectivity index (χ4v) is 2.54. The van der Waals surface area contributed by atoms with E-state index in [2.05, 4.69) is 11.9 Å². The molecule has 2 amide bonds. The average Bonchev–Trinajstić information content (AvgIpc) is 2.54. The zero-order valence-electron chi connectivity index (χ0n) is 13.1. The van der Waals surface area contributed by atoms with Gasteiger partial charge in [-0.3, -0.25) is 9.59 Å². The summed E-state index contributed by atoms with van der Waals surface area (Å²) in [5.74, 6) is -0.641. The van der Waals surface area contributed by atoms with Gasteiger partial charge in [-0.2, -0.15) is 0 Å². The number of benzene rings is 1. The Morgan fingerprint density at radius 2 is 2.09 bits per heavy atom. The van der Waals surface area contributed by atoms with E-state index in [1.54, 1.807) is 17.0 Å². The van der Waals surface area contributed by atoms with E-state index in [9.17, 15) is 14.0 Å². The molecule has 1 aliphatic rings. The van der Waals surface area contributed by atoms with E-state index in [1.807, 2.05) is 6.92 Å². The summed E-state index contributed by atoms with van der Waals surface area (Å²) in [7, 11) is 0. The molecule has 0 aromatic heterocycles. The van der Waals surface area contributed by atoms with Gasteiger partial charge in [0.05, 0.1) is 12.6 Å². The smallest absolute Gasteiger partial charge is 0.243 e. The maximum Gasteiger partial charge on any atom is 0.243 e. The summed E-state index contributed by atoms with van der Waals surface area (Å²) < 4.78 is 18.9. The van der Waals surface area contributed by atoms with Crippen LogP contribution in [0.1, 0.15) is 25.0 Å². The van der Waals surface area contributed by atoms with E-state index < -0.39 is 0 Å². The predicted molar refractivity (Wildman–Crippen MR) is 84.1 cm³/mol. The summed E-state index contributed by atoms with van der Waals surface area (Å²) in [4.78, 5) is 25.1. The normalized spacial score (nSPS) is 20.9. The molecule has 0 bridgehead atoms. The summed E-state index contributed by atoms with van der Waals surface area (Å²) in [5.41, 5.74) is 0.843. The first-order chi connectivity index (χ1) is 11.0. The molecule has 1 fully saturated rings. The van der Waals surface area contributed by atoms with Crippen molar-refractivity contribution in [2.75, 3.05) is 19.6 Å². The highest BCUT2D eigenvalue weighted by molar-refractivity contribution is 5.87. The molecule has 0 spiro atoms. The second-order valence-electron chi connectivity index (χ2n) is 5.53. The van der Waals surface area contributed by atoms with Crippen LogP contribution in [-0.4, -0.2) is 42.5 Å². The Bertz CT molecular complexity index is 574. The highest BCUT2D eigenvalue weighted by Gasteiger charge is 2.29. The third-order valence-corrected chi connectivity index (χ3v) is 3.68. The first-order valence-corrected chi connectivity index (χ1v) is 7.58. The first kappa shape index (κ1) is 17.1. The van der Waals surface area contributed by atoms with Crippen LogP contribution >= 0.6 is 0 Å². The third kappa shape index (κ3) is 4.89. The van der Waals surface area contributed by atoms with Crippen molar-refractivity contribution in [3.05, 3.63) is 48.3 Å². The van der Waals surface area contributed by atoms with Gasteiger partial charge in [-0.1, -0.05) is 18.7 Å². The number of amides is 2. The van der Waals surface area contributed by atoms with Crippen molar-refractivity contribution in [1.82, 2.24) is 10.2 Å². The van der Waals surface area contributed by atoms with Crippen molar-refractivity contribution >= 4 is 11.8 Å². The molecule has 0 radical (unpaired) electrons. The van der Waals surface area contributed by atoms with Crippen LogP contribution in [0.5, 0.6) is 0 Å². The van der Waals surface area contributed by atoms with E-state index in [0.717, 1.165) is 5.56 Å². The number of morpholine rings is 1. The number of nitrogens with zero attached hydrogens (tertiary/aromatic N) is 1. The molecule has 0 aliphatic carbocycles. The molecule has 124 valence electrons. The molecule has 5 nitrogen and oxygen atoms in total. The van der Waals surface area contributed by atoms with Crippen molar-refractivity contribution in [2.45, 2.75) is 25.6 Å². The van der Waals surface area contributed by atoms with E-state index in [-0.39, 0.29) is 42.8 Å². The van der Waals surface area contributed by atoms with Crippen LogP contribution in [0.3, 0.4) is 0 Å². The maximum absolute atomic E-state index is 13.0. The Morgan fingerprint density at radius 3 is 2.74 bits per heavy atom. The molecule has 0 saturated carbocycles. The number of carbonyl (C=O) groups excluding carboxylic acids is 2. The van der Waals surface area contributed by atoms with Gasteiger partial charge >= 0.3 is 0 Å². The fraction of sp³-hybridized carbons (Fsp3) is 0.412. The molecule has 1 aliphatic heterocycles. The summed E-state index contributed by atoms with van der Waals surface area (Å²) in [5, 5.41) is 2.59. The van der Waals surface area contributed by atoms with Crippen molar-refractivity contribution in [1.29, 1.82) is 0 Å². The quantitative estimate of drug-likeness (QED) is 0.842. The monoisotopic (exact) mass is 320 g/mol. The minimum atomic E-state index is -0.302. The maximum atomic E-state index is 13.0. The SMILES string of the molecule is C=CC(=O)NCCC(=O)N1C[C@@H](C)O[C@@H](c2ccc(F)cc2)C1. The number of nitrogens with one attached hydrogen (secondary N) is 1. The molecule has 1 saturated heterocycles. The zero-order chi connectivity index (χ0) is 16.8. The van der Waals surface area contributed by atoms with Gasteiger partial charge in [0.25, 0.3) is 0 Å². The van der Waals surface area contributed by atoms with Gasteiger partial charge in [0.2, 0.25) is 11.8 Å². The number of hydrogen-bond donors (Lipinski definition) is 1. The molecule has 23 heavy (non-hydrogen) atoms. The van der Waals surface area contributed by atoms with Gasteiger partial charge in [-0.15, -0.1) is 0 Å². The number of ether oxygens (including phenoxy) is 1. The third-order valence-electron chi connectivity index (χ3n) is 3.68. The van der Waals surface area contributed by atoms with Gasteiger partial charge in [-0.25, -0.2) is 4.39 Å². The highest BCUT2D eigenvalue weighted by atomic mass is 19.1. The van der Waals surface area contributed by atoms with Gasteiger partial charge in [-0.05, 0) is 30.7 Å². The molecule has 2 atom stereocenters. The molecular weight excluding hydrogens is 299 g/mol. The lowest BCUT2D eigenvalue weighted by Crippen LogP contribution is -2.46. The Kier molecular flexibility index (Phi) is 5.87. The van der Waals surface area contributed by atoms with Crippen LogP contribution in [0.2, 0.25) is 0 Å². The van der Waals surface area contributed by atoms with Crippen molar-refractivity contribution < 1.29 is 18.7 Å². The standard InChI is InChI=1S/C17H21FN2O3/c1-3-16(21)19-9-8-17(22)20-10-12(2)23-15(11-20)13-4-6-14(18)7-5-13/h3-7,12,15H,1,8-11H2,2H3,(H,19,21)/t12-,15-/m1/s1. The average molecular weight is 320 g/mol. The topological polar surface area (TPSA) is 58.6 Å². The van der Waals surface area contributed by atoms with Gasteiger partial charge < -0.3 is 15.0 Å². The lowest BCUT2D eigenvalue weighted by Gasteiger charge is -2.37. The van der Waals surface area contributed by atoms with Crippen LogP contribution in [0.15, 0.2) is 36.9 Å². The second kappa shape index (κ2) is 7.87. The number of hydrogen-bond acceptors (Lipinski definition) is 3. The van der Waals surface area contributed by atoms with Crippen molar-refractivity contribution in [3.63, 3.8) is 0 Å². The zero-order valence-corrected chi connectivity index (χ0v) is 13.1. The summed E-state index contributed by atoms with van der Waals surface area (Å²) >= 11 is 0. The number of rotatable bonds is 5. The van der Waals surface area contributed by atoms with E-state index >= 15 is 0 Å². The Morgan fingerprint density at radius 1 is 1.39 bits per heavy atom. The molecule has 1 heterocycles.